The summed E-state index contributed by atoms with van der Waals surface area (Å²) in [6.07, 6.45) is 2.21. The van der Waals surface area contributed by atoms with Crippen LogP contribution in [0.2, 0.25) is 0 Å². The Morgan fingerprint density at radius 2 is 2.12 bits per heavy atom. The molecule has 2 heterocycles. The molecule has 2 aromatic rings. The highest BCUT2D eigenvalue weighted by atomic mass is 19.1. The van der Waals surface area contributed by atoms with Crippen molar-refractivity contribution >= 4 is 11.7 Å². The number of aromatic amines is 1. The first-order valence-electron chi connectivity index (χ1n) is 8.79. The van der Waals surface area contributed by atoms with Gasteiger partial charge in [0.15, 0.2) is 5.82 Å². The molecule has 1 aliphatic carbocycles. The Bertz CT molecular complexity index is 782. The van der Waals surface area contributed by atoms with Crippen LogP contribution in [-0.4, -0.2) is 29.3 Å². The zero-order valence-corrected chi connectivity index (χ0v) is 14.2. The summed E-state index contributed by atoms with van der Waals surface area (Å²) in [5, 5.41) is 10.2. The number of hydrogen-bond acceptors (Lipinski definition) is 3. The van der Waals surface area contributed by atoms with E-state index in [2.05, 4.69) is 22.4 Å². The number of rotatable bonds is 4. The van der Waals surface area contributed by atoms with Gasteiger partial charge in [0.1, 0.15) is 5.82 Å². The molecule has 132 valence electrons. The van der Waals surface area contributed by atoms with E-state index in [9.17, 15) is 9.18 Å². The highest BCUT2D eigenvalue weighted by molar-refractivity contribution is 5.98. The molecule has 0 radical (unpaired) electrons. The smallest absolute Gasteiger partial charge is 0.236 e. The van der Waals surface area contributed by atoms with Crippen LogP contribution in [0.15, 0.2) is 30.3 Å². The summed E-state index contributed by atoms with van der Waals surface area (Å²) in [5.74, 6) is 1.22. The van der Waals surface area contributed by atoms with Gasteiger partial charge in [-0.2, -0.15) is 5.10 Å². The maximum atomic E-state index is 13.7. The standard InChI is InChI=1S/C19H22FN3O2/c1-12-9-15(12)16-11-17(23-22-16)21-18(24)19(5-7-25-8-6-19)13-3-2-4-14(20)10-13/h2-4,10-12,15H,5-9H2,1H3,(H2,21,22,23,24)/t12-,15-/m1/s1. The van der Waals surface area contributed by atoms with Gasteiger partial charge >= 0.3 is 0 Å². The first-order chi connectivity index (χ1) is 12.1. The average Bonchev–Trinajstić information content (AvgIpc) is 3.17. The third-order valence-corrected chi connectivity index (χ3v) is 5.51. The number of aromatic nitrogens is 2. The number of carbonyl (C=O) groups excluding carboxylic acids is 1. The summed E-state index contributed by atoms with van der Waals surface area (Å²) in [7, 11) is 0. The Morgan fingerprint density at radius 3 is 2.80 bits per heavy atom. The molecule has 1 saturated heterocycles. The van der Waals surface area contributed by atoms with Crippen LogP contribution in [0.1, 0.15) is 43.4 Å². The van der Waals surface area contributed by atoms with Crippen molar-refractivity contribution in [3.05, 3.63) is 47.4 Å². The van der Waals surface area contributed by atoms with Gasteiger partial charge in [-0.15, -0.1) is 0 Å². The predicted octanol–water partition coefficient (Wildman–Crippen LogP) is 3.36. The molecule has 1 amide bonds. The van der Waals surface area contributed by atoms with Gasteiger partial charge in [-0.1, -0.05) is 19.1 Å². The predicted molar refractivity (Wildman–Crippen MR) is 91.9 cm³/mol. The van der Waals surface area contributed by atoms with E-state index in [1.807, 2.05) is 12.1 Å². The van der Waals surface area contributed by atoms with Gasteiger partial charge < -0.3 is 10.1 Å². The number of anilines is 1. The first-order valence-corrected chi connectivity index (χ1v) is 8.79. The van der Waals surface area contributed by atoms with E-state index >= 15 is 0 Å². The van der Waals surface area contributed by atoms with Crippen molar-refractivity contribution < 1.29 is 13.9 Å². The molecular weight excluding hydrogens is 321 g/mol. The largest absolute Gasteiger partial charge is 0.381 e. The molecule has 0 spiro atoms. The number of benzene rings is 1. The summed E-state index contributed by atoms with van der Waals surface area (Å²) < 4.78 is 19.2. The summed E-state index contributed by atoms with van der Waals surface area (Å²) in [6, 6.07) is 8.22. The molecule has 6 heteroatoms. The molecule has 2 fully saturated rings. The second-order valence-electron chi connectivity index (χ2n) is 7.19. The normalized spacial score (nSPS) is 24.7. The summed E-state index contributed by atoms with van der Waals surface area (Å²) in [5.41, 5.74) is 0.973. The lowest BCUT2D eigenvalue weighted by Crippen LogP contribution is -2.45. The number of carbonyl (C=O) groups is 1. The highest BCUT2D eigenvalue weighted by Gasteiger charge is 2.42. The number of halogens is 1. The number of nitrogens with zero attached hydrogens (tertiary/aromatic N) is 1. The number of nitrogens with one attached hydrogen (secondary N) is 2. The second-order valence-corrected chi connectivity index (χ2v) is 7.19. The molecule has 25 heavy (non-hydrogen) atoms. The SMILES string of the molecule is C[C@@H]1C[C@H]1c1cc(NC(=O)C2(c3cccc(F)c3)CCOCC2)n[nH]1. The maximum Gasteiger partial charge on any atom is 0.236 e. The van der Waals surface area contributed by atoms with Crippen LogP contribution >= 0.6 is 0 Å². The van der Waals surface area contributed by atoms with Crippen molar-refractivity contribution in [3.63, 3.8) is 0 Å². The fraction of sp³-hybridized carbons (Fsp3) is 0.474. The Hall–Kier alpha value is -2.21. The minimum atomic E-state index is -0.785. The zero-order valence-electron chi connectivity index (χ0n) is 14.2. The van der Waals surface area contributed by atoms with E-state index < -0.39 is 5.41 Å². The summed E-state index contributed by atoms with van der Waals surface area (Å²) in [6.45, 7) is 3.16. The van der Waals surface area contributed by atoms with Crippen LogP contribution in [0.25, 0.3) is 0 Å². The van der Waals surface area contributed by atoms with Gasteiger partial charge in [0.25, 0.3) is 0 Å². The zero-order chi connectivity index (χ0) is 17.4. The van der Waals surface area contributed by atoms with E-state index in [0.29, 0.717) is 49.3 Å². The van der Waals surface area contributed by atoms with Crippen LogP contribution in [0.4, 0.5) is 10.2 Å². The van der Waals surface area contributed by atoms with Gasteiger partial charge in [0.2, 0.25) is 5.91 Å². The van der Waals surface area contributed by atoms with Gasteiger partial charge in [0, 0.05) is 30.9 Å². The Labute approximate surface area is 146 Å². The van der Waals surface area contributed by atoms with E-state index in [-0.39, 0.29) is 11.7 Å². The minimum absolute atomic E-state index is 0.150. The molecule has 1 saturated carbocycles. The molecule has 2 N–H and O–H groups in total. The first kappa shape index (κ1) is 16.3. The van der Waals surface area contributed by atoms with E-state index in [4.69, 9.17) is 4.74 Å². The van der Waals surface area contributed by atoms with Gasteiger partial charge in [-0.25, -0.2) is 4.39 Å². The van der Waals surface area contributed by atoms with Crippen molar-refractivity contribution in [1.82, 2.24) is 10.2 Å². The van der Waals surface area contributed by atoms with Crippen LogP contribution < -0.4 is 5.32 Å². The highest BCUT2D eigenvalue weighted by Crippen LogP contribution is 2.46. The molecule has 2 aliphatic rings. The molecule has 1 aromatic heterocycles. The van der Waals surface area contributed by atoms with Gasteiger partial charge in [-0.3, -0.25) is 9.89 Å². The Balaban J connectivity index is 1.58. The topological polar surface area (TPSA) is 67.0 Å². The third-order valence-electron chi connectivity index (χ3n) is 5.51. The Kier molecular flexibility index (Phi) is 4.07. The molecule has 4 rings (SSSR count). The lowest BCUT2D eigenvalue weighted by molar-refractivity contribution is -0.125. The maximum absolute atomic E-state index is 13.7. The summed E-state index contributed by atoms with van der Waals surface area (Å²) >= 11 is 0. The number of amides is 1. The third kappa shape index (κ3) is 3.06. The second kappa shape index (κ2) is 6.26. The monoisotopic (exact) mass is 343 g/mol. The van der Waals surface area contributed by atoms with E-state index in [1.165, 1.54) is 12.1 Å². The van der Waals surface area contributed by atoms with Crippen LogP contribution in [-0.2, 0) is 14.9 Å². The fourth-order valence-electron chi connectivity index (χ4n) is 3.73. The van der Waals surface area contributed by atoms with Crippen molar-refractivity contribution in [2.75, 3.05) is 18.5 Å². The van der Waals surface area contributed by atoms with Gasteiger partial charge in [-0.05, 0) is 42.9 Å². The lowest BCUT2D eigenvalue weighted by Gasteiger charge is -2.36. The van der Waals surface area contributed by atoms with E-state index in [1.54, 1.807) is 6.07 Å². The quantitative estimate of drug-likeness (QED) is 0.894. The number of ether oxygens (including phenoxy) is 1. The summed E-state index contributed by atoms with van der Waals surface area (Å²) in [4.78, 5) is 13.1. The fourth-order valence-corrected chi connectivity index (χ4v) is 3.73. The van der Waals surface area contributed by atoms with Crippen molar-refractivity contribution in [3.8, 4) is 0 Å². The van der Waals surface area contributed by atoms with Crippen molar-refractivity contribution in [2.45, 2.75) is 37.5 Å². The van der Waals surface area contributed by atoms with Crippen molar-refractivity contribution in [1.29, 1.82) is 0 Å². The van der Waals surface area contributed by atoms with Gasteiger partial charge in [0.05, 0.1) is 5.41 Å². The lowest BCUT2D eigenvalue weighted by atomic mass is 9.73. The van der Waals surface area contributed by atoms with Crippen LogP contribution in [0.3, 0.4) is 0 Å². The number of hydrogen-bond donors (Lipinski definition) is 2. The average molecular weight is 343 g/mol. The van der Waals surface area contributed by atoms with E-state index in [0.717, 1.165) is 12.1 Å². The van der Waals surface area contributed by atoms with Crippen molar-refractivity contribution in [2.24, 2.45) is 5.92 Å². The molecule has 1 aliphatic heterocycles. The molecule has 0 bridgehead atoms. The number of H-pyrrole nitrogens is 1. The molecule has 0 unspecified atom stereocenters. The Morgan fingerprint density at radius 1 is 1.36 bits per heavy atom. The van der Waals surface area contributed by atoms with Crippen LogP contribution in [0.5, 0.6) is 0 Å². The molecule has 5 nitrogen and oxygen atoms in total. The van der Waals surface area contributed by atoms with Crippen LogP contribution in [0, 0.1) is 11.7 Å². The molecule has 2 atom stereocenters. The molecular formula is C19H22FN3O2. The molecule has 1 aromatic carbocycles. The minimum Gasteiger partial charge on any atom is -0.381 e.